The van der Waals surface area contributed by atoms with Crippen molar-refractivity contribution in [3.05, 3.63) is 47.9 Å². The number of hydrogen-bond donors (Lipinski definition) is 0. The molecule has 0 N–H and O–H groups in total. The lowest BCUT2D eigenvalue weighted by molar-refractivity contribution is 0.122. The van der Waals surface area contributed by atoms with Crippen LogP contribution in [-0.4, -0.2) is 40.9 Å². The van der Waals surface area contributed by atoms with Crippen LogP contribution < -0.4 is 4.90 Å². The normalized spacial score (nSPS) is 15.3. The Hall–Kier alpha value is -2.47. The minimum atomic E-state index is -0.263. The molecule has 0 unspecified atom stereocenters. The third-order valence-corrected chi connectivity index (χ3v) is 4.55. The van der Waals surface area contributed by atoms with Crippen molar-refractivity contribution in [2.24, 2.45) is 0 Å². The molecule has 0 aliphatic carbocycles. The molecule has 0 amide bonds. The SMILES string of the molecule is CC(C)c1c(-c2ccccc2F)nn2ccc(N3CCOCC3)nc12. The number of fused-ring (bicyclic) bond motifs is 1. The molecule has 3 heterocycles. The molecule has 6 heteroatoms. The van der Waals surface area contributed by atoms with E-state index in [1.807, 2.05) is 18.3 Å². The summed E-state index contributed by atoms with van der Waals surface area (Å²) in [5.74, 6) is 0.832. The Balaban J connectivity index is 1.87. The van der Waals surface area contributed by atoms with Gasteiger partial charge >= 0.3 is 0 Å². The highest BCUT2D eigenvalue weighted by molar-refractivity contribution is 5.72. The number of nitrogens with zero attached hydrogens (tertiary/aromatic N) is 4. The number of morpholine rings is 1. The lowest BCUT2D eigenvalue weighted by Crippen LogP contribution is -2.36. The summed E-state index contributed by atoms with van der Waals surface area (Å²) in [7, 11) is 0. The summed E-state index contributed by atoms with van der Waals surface area (Å²) in [6, 6.07) is 8.72. The highest BCUT2D eigenvalue weighted by atomic mass is 19.1. The molecule has 2 aromatic heterocycles. The van der Waals surface area contributed by atoms with Crippen LogP contribution in [0.1, 0.15) is 25.3 Å². The van der Waals surface area contributed by atoms with E-state index >= 15 is 0 Å². The second-order valence-corrected chi connectivity index (χ2v) is 6.55. The van der Waals surface area contributed by atoms with Gasteiger partial charge in [-0.2, -0.15) is 5.10 Å². The van der Waals surface area contributed by atoms with E-state index in [0.717, 1.165) is 30.1 Å². The van der Waals surface area contributed by atoms with Crippen LogP contribution in [0.3, 0.4) is 0 Å². The van der Waals surface area contributed by atoms with Crippen molar-refractivity contribution < 1.29 is 9.13 Å². The number of halogens is 1. The molecule has 1 fully saturated rings. The van der Waals surface area contributed by atoms with Gasteiger partial charge in [-0.05, 0) is 24.1 Å². The summed E-state index contributed by atoms with van der Waals surface area (Å²) in [6.07, 6.45) is 1.91. The van der Waals surface area contributed by atoms with Crippen LogP contribution in [-0.2, 0) is 4.74 Å². The van der Waals surface area contributed by atoms with Crippen molar-refractivity contribution >= 4 is 11.5 Å². The number of rotatable bonds is 3. The van der Waals surface area contributed by atoms with E-state index in [-0.39, 0.29) is 11.7 Å². The second kappa shape index (κ2) is 6.44. The molecular formula is C19H21FN4O. The first kappa shape index (κ1) is 16.0. The van der Waals surface area contributed by atoms with Gasteiger partial charge in [-0.15, -0.1) is 0 Å². The first-order valence-corrected chi connectivity index (χ1v) is 8.62. The highest BCUT2D eigenvalue weighted by Gasteiger charge is 2.22. The van der Waals surface area contributed by atoms with Gasteiger partial charge in [0, 0.05) is 30.4 Å². The summed E-state index contributed by atoms with van der Waals surface area (Å²) < 4.78 is 21.5. The topological polar surface area (TPSA) is 42.7 Å². The van der Waals surface area contributed by atoms with Crippen LogP contribution >= 0.6 is 0 Å². The maximum Gasteiger partial charge on any atom is 0.161 e. The van der Waals surface area contributed by atoms with Crippen molar-refractivity contribution in [1.82, 2.24) is 14.6 Å². The van der Waals surface area contributed by atoms with Crippen molar-refractivity contribution in [3.63, 3.8) is 0 Å². The third kappa shape index (κ3) is 2.87. The van der Waals surface area contributed by atoms with Crippen molar-refractivity contribution in [2.75, 3.05) is 31.2 Å². The quantitative estimate of drug-likeness (QED) is 0.732. The van der Waals surface area contributed by atoms with Crippen molar-refractivity contribution in [3.8, 4) is 11.3 Å². The summed E-state index contributed by atoms with van der Waals surface area (Å²) in [4.78, 5) is 7.06. The number of hydrogen-bond acceptors (Lipinski definition) is 4. The van der Waals surface area contributed by atoms with Crippen LogP contribution in [0.5, 0.6) is 0 Å². The van der Waals surface area contributed by atoms with Gasteiger partial charge in [-0.1, -0.05) is 26.0 Å². The molecule has 0 radical (unpaired) electrons. The Morgan fingerprint density at radius 2 is 1.88 bits per heavy atom. The fraction of sp³-hybridized carbons (Fsp3) is 0.368. The summed E-state index contributed by atoms with van der Waals surface area (Å²) in [6.45, 7) is 7.26. The molecule has 3 aromatic rings. The molecule has 0 saturated carbocycles. The molecule has 4 rings (SSSR count). The average Bonchev–Trinajstić information content (AvgIpc) is 3.01. The monoisotopic (exact) mass is 340 g/mol. The molecule has 1 aliphatic rings. The standard InChI is InChI=1S/C19H21FN4O/c1-13(2)17-18(14-5-3-4-6-15(14)20)22-24-8-7-16(21-19(17)24)23-9-11-25-12-10-23/h3-8,13H,9-12H2,1-2H3. The molecule has 1 aliphatic heterocycles. The number of ether oxygens (including phenoxy) is 1. The Labute approximate surface area is 146 Å². The Bertz CT molecular complexity index is 900. The van der Waals surface area contributed by atoms with Crippen LogP contribution in [0, 0.1) is 5.82 Å². The Morgan fingerprint density at radius 3 is 2.60 bits per heavy atom. The average molecular weight is 340 g/mol. The number of benzene rings is 1. The van der Waals surface area contributed by atoms with E-state index in [9.17, 15) is 4.39 Å². The second-order valence-electron chi connectivity index (χ2n) is 6.55. The molecule has 5 nitrogen and oxygen atoms in total. The summed E-state index contributed by atoms with van der Waals surface area (Å²) in [5, 5.41) is 4.62. The molecule has 0 atom stereocenters. The van der Waals surface area contributed by atoms with Gasteiger partial charge in [-0.25, -0.2) is 13.9 Å². The first-order valence-electron chi connectivity index (χ1n) is 8.62. The van der Waals surface area contributed by atoms with E-state index in [1.54, 1.807) is 16.6 Å². The molecular weight excluding hydrogens is 319 g/mol. The van der Waals surface area contributed by atoms with Gasteiger partial charge in [0.15, 0.2) is 5.65 Å². The highest BCUT2D eigenvalue weighted by Crippen LogP contribution is 2.33. The summed E-state index contributed by atoms with van der Waals surface area (Å²) in [5.41, 5.74) is 2.95. The molecule has 0 bridgehead atoms. The number of anilines is 1. The van der Waals surface area contributed by atoms with Gasteiger partial charge in [-0.3, -0.25) is 0 Å². The molecule has 1 aromatic carbocycles. The maximum absolute atomic E-state index is 14.3. The lowest BCUT2D eigenvalue weighted by atomic mass is 9.99. The van der Waals surface area contributed by atoms with Crippen molar-refractivity contribution in [1.29, 1.82) is 0 Å². The van der Waals surface area contributed by atoms with Gasteiger partial charge in [0.25, 0.3) is 0 Å². The van der Waals surface area contributed by atoms with Gasteiger partial charge in [0.2, 0.25) is 0 Å². The predicted molar refractivity (Wildman–Crippen MR) is 95.5 cm³/mol. The minimum Gasteiger partial charge on any atom is -0.378 e. The molecule has 1 saturated heterocycles. The maximum atomic E-state index is 14.3. The fourth-order valence-corrected chi connectivity index (χ4v) is 3.29. The smallest absolute Gasteiger partial charge is 0.161 e. The van der Waals surface area contributed by atoms with E-state index in [2.05, 4.69) is 23.8 Å². The summed E-state index contributed by atoms with van der Waals surface area (Å²) >= 11 is 0. The van der Waals surface area contributed by atoms with Gasteiger partial charge < -0.3 is 9.64 Å². The third-order valence-electron chi connectivity index (χ3n) is 4.55. The van der Waals surface area contributed by atoms with E-state index < -0.39 is 0 Å². The Kier molecular flexibility index (Phi) is 4.13. The van der Waals surface area contributed by atoms with Crippen LogP contribution in [0.25, 0.3) is 16.9 Å². The zero-order chi connectivity index (χ0) is 17.4. The van der Waals surface area contributed by atoms with E-state index in [0.29, 0.717) is 24.5 Å². The van der Waals surface area contributed by atoms with E-state index in [4.69, 9.17) is 9.72 Å². The first-order chi connectivity index (χ1) is 12.1. The molecule has 130 valence electrons. The van der Waals surface area contributed by atoms with Crippen LogP contribution in [0.15, 0.2) is 36.5 Å². The molecule has 0 spiro atoms. The minimum absolute atomic E-state index is 0.180. The van der Waals surface area contributed by atoms with Crippen LogP contribution in [0.4, 0.5) is 10.2 Å². The van der Waals surface area contributed by atoms with Gasteiger partial charge in [0.05, 0.1) is 13.2 Å². The fourth-order valence-electron chi connectivity index (χ4n) is 3.29. The van der Waals surface area contributed by atoms with E-state index in [1.165, 1.54) is 6.07 Å². The predicted octanol–water partition coefficient (Wildman–Crippen LogP) is 3.50. The molecule has 25 heavy (non-hydrogen) atoms. The number of aromatic nitrogens is 3. The lowest BCUT2D eigenvalue weighted by Gasteiger charge is -2.27. The Morgan fingerprint density at radius 1 is 1.12 bits per heavy atom. The van der Waals surface area contributed by atoms with Crippen LogP contribution in [0.2, 0.25) is 0 Å². The van der Waals surface area contributed by atoms with Gasteiger partial charge in [0.1, 0.15) is 17.3 Å². The zero-order valence-electron chi connectivity index (χ0n) is 14.4. The largest absolute Gasteiger partial charge is 0.378 e. The zero-order valence-corrected chi connectivity index (χ0v) is 14.4. The van der Waals surface area contributed by atoms with Crippen molar-refractivity contribution in [2.45, 2.75) is 19.8 Å².